The molecule has 118 valence electrons. The van der Waals surface area contributed by atoms with Gasteiger partial charge in [-0.1, -0.05) is 44.0 Å². The molecule has 0 bridgehead atoms. The Kier molecular flexibility index (Phi) is 5.20. The molecule has 0 aromatic heterocycles. The summed E-state index contributed by atoms with van der Waals surface area (Å²) >= 11 is 0. The highest BCUT2D eigenvalue weighted by atomic mass is 16.5. The topological polar surface area (TPSA) is 55.8 Å². The number of esters is 1. The number of hydrogen-bond donors (Lipinski definition) is 0. The van der Waals surface area contributed by atoms with E-state index in [1.54, 1.807) is 6.20 Å². The van der Waals surface area contributed by atoms with Gasteiger partial charge in [0.2, 0.25) is 0 Å². The molecule has 0 aliphatic carbocycles. The lowest BCUT2D eigenvalue weighted by molar-refractivity contribution is -0.133. The van der Waals surface area contributed by atoms with Crippen molar-refractivity contribution in [2.45, 2.75) is 32.2 Å². The first-order chi connectivity index (χ1) is 10.6. The predicted octanol–water partition coefficient (Wildman–Crippen LogP) is 3.51. The van der Waals surface area contributed by atoms with Gasteiger partial charge in [-0.25, -0.2) is 9.59 Å². The number of rotatable bonds is 4. The minimum Gasteiger partial charge on any atom is -0.465 e. The molecule has 1 aliphatic heterocycles. The van der Waals surface area contributed by atoms with E-state index in [0.717, 1.165) is 30.4 Å². The summed E-state index contributed by atoms with van der Waals surface area (Å²) in [4.78, 5) is 25.6. The highest BCUT2D eigenvalue weighted by Gasteiger charge is 2.33. The Bertz CT molecular complexity index is 594. The van der Waals surface area contributed by atoms with Crippen molar-refractivity contribution >= 4 is 17.6 Å². The molecule has 1 aromatic rings. The zero-order valence-corrected chi connectivity index (χ0v) is 13.2. The molecule has 5 heteroatoms. The number of fused-ring (bicyclic) bond motifs is 1. The van der Waals surface area contributed by atoms with E-state index in [1.807, 2.05) is 24.3 Å². The van der Waals surface area contributed by atoms with Crippen LogP contribution in [0.1, 0.15) is 43.4 Å². The lowest BCUT2D eigenvalue weighted by Crippen LogP contribution is -2.34. The van der Waals surface area contributed by atoms with Crippen LogP contribution in [-0.4, -0.2) is 31.2 Å². The zero-order valence-electron chi connectivity index (χ0n) is 13.2. The van der Waals surface area contributed by atoms with Gasteiger partial charge in [0.15, 0.2) is 0 Å². The molecule has 1 aliphatic rings. The molecule has 0 saturated carbocycles. The van der Waals surface area contributed by atoms with Crippen LogP contribution in [0.3, 0.4) is 0 Å². The first kappa shape index (κ1) is 16.1. The van der Waals surface area contributed by atoms with Gasteiger partial charge < -0.3 is 9.47 Å². The maximum atomic E-state index is 12.1. The van der Waals surface area contributed by atoms with Crippen molar-refractivity contribution in [3.8, 4) is 0 Å². The maximum Gasteiger partial charge on any atom is 0.414 e. The van der Waals surface area contributed by atoms with Crippen molar-refractivity contribution in [1.82, 2.24) is 4.90 Å². The minimum absolute atomic E-state index is 0.128. The van der Waals surface area contributed by atoms with Crippen LogP contribution in [0.2, 0.25) is 0 Å². The number of unbranched alkanes of at least 4 members (excludes halogenated alkanes) is 1. The van der Waals surface area contributed by atoms with Crippen LogP contribution in [0, 0.1) is 0 Å². The fourth-order valence-corrected chi connectivity index (χ4v) is 2.73. The molecule has 22 heavy (non-hydrogen) atoms. The average molecular weight is 303 g/mol. The third kappa shape index (κ3) is 2.98. The van der Waals surface area contributed by atoms with Crippen molar-refractivity contribution < 1.29 is 19.1 Å². The normalized spacial score (nSPS) is 16.6. The van der Waals surface area contributed by atoms with Crippen molar-refractivity contribution in [1.29, 1.82) is 0 Å². The molecule has 0 radical (unpaired) electrons. The summed E-state index contributed by atoms with van der Waals surface area (Å²) in [6, 6.07) is 7.48. The molecule has 0 N–H and O–H groups in total. The Morgan fingerprint density at radius 3 is 2.55 bits per heavy atom. The lowest BCUT2D eigenvalue weighted by Gasteiger charge is -2.34. The van der Waals surface area contributed by atoms with E-state index in [1.165, 1.54) is 19.1 Å². The smallest absolute Gasteiger partial charge is 0.414 e. The van der Waals surface area contributed by atoms with Gasteiger partial charge in [-0.15, -0.1) is 0 Å². The molecule has 1 amide bonds. The Morgan fingerprint density at radius 1 is 1.18 bits per heavy atom. The van der Waals surface area contributed by atoms with Gasteiger partial charge in [0.1, 0.15) is 0 Å². The standard InChI is InChI=1S/C17H21NO4/c1-4-5-10-15-13-9-7-6-8-12(13)14(16(19)21-2)11-18(15)17(20)22-3/h6-9,11,15H,4-5,10H2,1-3H3/t15-/m0/s1. The van der Waals surface area contributed by atoms with Gasteiger partial charge in [-0.3, -0.25) is 4.90 Å². The molecule has 1 aromatic carbocycles. The number of carbonyl (C=O) groups excluding carboxylic acids is 2. The average Bonchev–Trinajstić information content (AvgIpc) is 2.57. The van der Waals surface area contributed by atoms with Gasteiger partial charge in [0, 0.05) is 6.20 Å². The molecule has 1 atom stereocenters. The first-order valence-electron chi connectivity index (χ1n) is 7.39. The largest absolute Gasteiger partial charge is 0.465 e. The van der Waals surface area contributed by atoms with Gasteiger partial charge in [-0.2, -0.15) is 0 Å². The third-order valence-corrected chi connectivity index (χ3v) is 3.84. The van der Waals surface area contributed by atoms with E-state index in [0.29, 0.717) is 5.57 Å². The lowest BCUT2D eigenvalue weighted by atomic mass is 9.88. The molecule has 2 rings (SSSR count). The minimum atomic E-state index is -0.475. The number of amides is 1. The SMILES string of the molecule is CCCC[C@H]1c2ccccc2C(C(=O)OC)=CN1C(=O)OC. The molecule has 0 saturated heterocycles. The summed E-state index contributed by atoms with van der Waals surface area (Å²) in [7, 11) is 2.67. The van der Waals surface area contributed by atoms with E-state index in [9.17, 15) is 9.59 Å². The molecule has 5 nitrogen and oxygen atoms in total. The molecular formula is C17H21NO4. The monoisotopic (exact) mass is 303 g/mol. The van der Waals surface area contributed by atoms with Crippen LogP contribution < -0.4 is 0 Å². The zero-order chi connectivity index (χ0) is 16.1. The summed E-state index contributed by atoms with van der Waals surface area (Å²) in [5.41, 5.74) is 2.14. The molecule has 0 spiro atoms. The Balaban J connectivity index is 2.52. The second kappa shape index (κ2) is 7.11. The first-order valence-corrected chi connectivity index (χ1v) is 7.39. The van der Waals surface area contributed by atoms with Crippen LogP contribution in [0.5, 0.6) is 0 Å². The molecule has 0 fully saturated rings. The van der Waals surface area contributed by atoms with Gasteiger partial charge >= 0.3 is 12.1 Å². The van der Waals surface area contributed by atoms with Gasteiger partial charge in [0.25, 0.3) is 0 Å². The van der Waals surface area contributed by atoms with Crippen molar-refractivity contribution in [2.24, 2.45) is 0 Å². The quantitative estimate of drug-likeness (QED) is 0.799. The maximum absolute atomic E-state index is 12.1. The van der Waals surface area contributed by atoms with Crippen molar-refractivity contribution in [2.75, 3.05) is 14.2 Å². The van der Waals surface area contributed by atoms with Crippen LogP contribution in [0.4, 0.5) is 4.79 Å². The van der Waals surface area contributed by atoms with Gasteiger partial charge in [0.05, 0.1) is 25.8 Å². The molecule has 1 heterocycles. The summed E-state index contributed by atoms with van der Waals surface area (Å²) in [6.07, 6.45) is 3.89. The second-order valence-corrected chi connectivity index (χ2v) is 5.16. The van der Waals surface area contributed by atoms with E-state index < -0.39 is 12.1 Å². The predicted molar refractivity (Wildman–Crippen MR) is 82.9 cm³/mol. The number of carbonyl (C=O) groups is 2. The molecule has 0 unspecified atom stereocenters. The van der Waals surface area contributed by atoms with E-state index in [2.05, 4.69) is 6.92 Å². The third-order valence-electron chi connectivity index (χ3n) is 3.84. The Morgan fingerprint density at radius 2 is 1.91 bits per heavy atom. The van der Waals surface area contributed by atoms with E-state index in [-0.39, 0.29) is 6.04 Å². The number of ether oxygens (including phenoxy) is 2. The van der Waals surface area contributed by atoms with Crippen LogP contribution in [0.25, 0.3) is 5.57 Å². The fraction of sp³-hybridized carbons (Fsp3) is 0.412. The second-order valence-electron chi connectivity index (χ2n) is 5.16. The number of nitrogens with zero attached hydrogens (tertiary/aromatic N) is 1. The van der Waals surface area contributed by atoms with Crippen molar-refractivity contribution in [3.63, 3.8) is 0 Å². The summed E-state index contributed by atoms with van der Waals surface area (Å²) < 4.78 is 9.71. The number of hydrogen-bond acceptors (Lipinski definition) is 4. The molecular weight excluding hydrogens is 282 g/mol. The summed E-state index contributed by atoms with van der Waals surface area (Å²) in [5.74, 6) is -0.463. The highest BCUT2D eigenvalue weighted by Crippen LogP contribution is 2.38. The number of benzene rings is 1. The number of methoxy groups -OCH3 is 2. The fourth-order valence-electron chi connectivity index (χ4n) is 2.73. The highest BCUT2D eigenvalue weighted by molar-refractivity contribution is 6.17. The van der Waals surface area contributed by atoms with Crippen molar-refractivity contribution in [3.05, 3.63) is 41.6 Å². The van der Waals surface area contributed by atoms with Crippen LogP contribution in [-0.2, 0) is 14.3 Å². The Labute approximate surface area is 130 Å². The van der Waals surface area contributed by atoms with Crippen LogP contribution in [0.15, 0.2) is 30.5 Å². The van der Waals surface area contributed by atoms with Gasteiger partial charge in [-0.05, 0) is 17.5 Å². The van der Waals surface area contributed by atoms with E-state index in [4.69, 9.17) is 9.47 Å². The Hall–Kier alpha value is -2.30. The summed E-state index contributed by atoms with van der Waals surface area (Å²) in [6.45, 7) is 2.10. The summed E-state index contributed by atoms with van der Waals surface area (Å²) in [5, 5.41) is 0. The van der Waals surface area contributed by atoms with Crippen LogP contribution >= 0.6 is 0 Å². The van der Waals surface area contributed by atoms with E-state index >= 15 is 0 Å².